The zero-order chi connectivity index (χ0) is 37.2. The highest BCUT2D eigenvalue weighted by atomic mass is 28.4. The minimum atomic E-state index is -2.88. The lowest BCUT2D eigenvalue weighted by atomic mass is 9.57. The van der Waals surface area contributed by atoms with Crippen molar-refractivity contribution in [2.24, 2.45) is 11.8 Å². The molecule has 51 heavy (non-hydrogen) atoms. The minimum absolute atomic E-state index is 0.0000876. The van der Waals surface area contributed by atoms with Crippen molar-refractivity contribution in [2.75, 3.05) is 34.4 Å². The van der Waals surface area contributed by atoms with Gasteiger partial charge in [0.1, 0.15) is 23.7 Å². The molecule has 0 radical (unpaired) electrons. The monoisotopic (exact) mass is 718 g/mol. The highest BCUT2D eigenvalue weighted by molar-refractivity contribution is 6.74. The number of carbonyl (C=O) groups is 2. The Balaban J connectivity index is 1.58. The van der Waals surface area contributed by atoms with Crippen molar-refractivity contribution in [3.05, 3.63) is 81.1 Å². The van der Waals surface area contributed by atoms with E-state index in [0.717, 1.165) is 5.56 Å². The zero-order valence-electron chi connectivity index (χ0n) is 31.0. The first-order chi connectivity index (χ1) is 24.0. The van der Waals surface area contributed by atoms with Crippen molar-refractivity contribution in [3.63, 3.8) is 0 Å². The molecule has 0 amide bonds. The van der Waals surface area contributed by atoms with E-state index in [1.165, 1.54) is 7.11 Å². The molecule has 6 rings (SSSR count). The number of aliphatic hydroxyl groups is 3. The highest BCUT2D eigenvalue weighted by Gasteiger charge is 2.69. The largest absolute Gasteiger partial charge is 0.507 e. The molecule has 274 valence electrons. The van der Waals surface area contributed by atoms with Crippen LogP contribution in [0, 0.1) is 18.8 Å². The zero-order valence-corrected chi connectivity index (χ0v) is 32.0. The first-order valence-electron chi connectivity index (χ1n) is 17.5. The third-order valence-electron chi connectivity index (χ3n) is 11.6. The van der Waals surface area contributed by atoms with Crippen LogP contribution in [0.25, 0.3) is 5.76 Å². The van der Waals surface area contributed by atoms with E-state index < -0.39 is 49.3 Å². The lowest BCUT2D eigenvalue weighted by Gasteiger charge is -2.55. The summed E-state index contributed by atoms with van der Waals surface area (Å²) in [5, 5.41) is 36.2. The van der Waals surface area contributed by atoms with Gasteiger partial charge in [-0.2, -0.15) is 0 Å². The Bertz CT molecular complexity index is 1870. The summed E-state index contributed by atoms with van der Waals surface area (Å²) in [4.78, 5) is 32.8. The number of hydrogen-bond donors (Lipinski definition) is 3. The van der Waals surface area contributed by atoms with Gasteiger partial charge in [-0.3, -0.25) is 14.5 Å². The maximum Gasteiger partial charge on any atom is 0.265 e. The molecule has 3 aliphatic rings. The van der Waals surface area contributed by atoms with Crippen molar-refractivity contribution in [3.8, 4) is 11.6 Å². The number of Topliss-reactive ketones (excluding diaryl/α,β-unsaturated/α-hetero) is 2. The van der Waals surface area contributed by atoms with Crippen LogP contribution in [0.2, 0.25) is 18.1 Å². The highest BCUT2D eigenvalue weighted by Crippen LogP contribution is 2.59. The molecular formula is C39H50N2O9Si. The molecule has 0 aliphatic heterocycles. The van der Waals surface area contributed by atoms with Crippen LogP contribution in [-0.2, 0) is 22.2 Å². The van der Waals surface area contributed by atoms with Gasteiger partial charge in [-0.25, -0.2) is 0 Å². The second-order valence-electron chi connectivity index (χ2n) is 15.9. The Morgan fingerprint density at radius 1 is 1.08 bits per heavy atom. The van der Waals surface area contributed by atoms with Crippen molar-refractivity contribution in [2.45, 2.75) is 82.8 Å². The summed E-state index contributed by atoms with van der Waals surface area (Å²) in [5.41, 5.74) is 1.56. The number of aliphatic hydroxyl groups excluding tert-OH is 3. The summed E-state index contributed by atoms with van der Waals surface area (Å²) in [6, 6.07) is 10.7. The second kappa shape index (κ2) is 13.3. The number of benzene rings is 2. The Kier molecular flexibility index (Phi) is 9.64. The molecule has 1 heterocycles. The third kappa shape index (κ3) is 5.75. The molecule has 4 atom stereocenters. The van der Waals surface area contributed by atoms with E-state index in [2.05, 4.69) is 25.9 Å². The quantitative estimate of drug-likeness (QED) is 0.169. The molecular weight excluding hydrogens is 669 g/mol. The Morgan fingerprint density at radius 3 is 2.33 bits per heavy atom. The summed E-state index contributed by atoms with van der Waals surface area (Å²) in [7, 11) is 2.39. The van der Waals surface area contributed by atoms with E-state index in [1.54, 1.807) is 6.07 Å². The summed E-state index contributed by atoms with van der Waals surface area (Å²) in [6.07, 6.45) is 0.640. The van der Waals surface area contributed by atoms with Gasteiger partial charge in [0.25, 0.3) is 5.88 Å². The van der Waals surface area contributed by atoms with E-state index >= 15 is 9.59 Å². The third-order valence-corrected chi connectivity index (χ3v) is 16.0. The standard InChI is InChI=1S/C39H50N2O9Si/c1-21-15-25(24(18-42)19-43)33(47-7)26-16-23-17-27-31(41(5)6)34-30(37(40-49-34)48-20-22-13-11-10-12-14-22)36(46)39(27,50-51(8,9)38(2,3)4)35(45)29(23)32(44)28(21)26/h10-15,23-24,27,31,42-44H,16-20H2,1-9H3/t23-,27-,31-,39-/m0/s1. The Morgan fingerprint density at radius 2 is 1.75 bits per heavy atom. The van der Waals surface area contributed by atoms with Crippen LogP contribution in [0.3, 0.4) is 0 Å². The number of hydrogen-bond acceptors (Lipinski definition) is 11. The van der Waals surface area contributed by atoms with E-state index in [-0.39, 0.29) is 47.6 Å². The molecule has 11 nitrogen and oxygen atoms in total. The average Bonchev–Trinajstić information content (AvgIpc) is 3.48. The normalized spacial score (nSPS) is 23.3. The van der Waals surface area contributed by atoms with E-state index in [1.807, 2.05) is 69.3 Å². The summed E-state index contributed by atoms with van der Waals surface area (Å²) < 4.78 is 25.2. The predicted molar refractivity (Wildman–Crippen MR) is 194 cm³/mol. The van der Waals surface area contributed by atoms with Crippen molar-refractivity contribution in [1.29, 1.82) is 0 Å². The molecule has 0 spiro atoms. The fourth-order valence-corrected chi connectivity index (χ4v) is 9.51. The maximum atomic E-state index is 15.5. The predicted octanol–water partition coefficient (Wildman–Crippen LogP) is 5.93. The smallest absolute Gasteiger partial charge is 0.265 e. The van der Waals surface area contributed by atoms with Crippen LogP contribution in [-0.4, -0.2) is 85.3 Å². The molecule has 0 bridgehead atoms. The van der Waals surface area contributed by atoms with Gasteiger partial charge in [0.15, 0.2) is 19.7 Å². The number of ketones is 2. The number of carbonyl (C=O) groups excluding carboxylic acids is 2. The molecule has 0 unspecified atom stereocenters. The van der Waals surface area contributed by atoms with Crippen LogP contribution in [0.15, 0.2) is 46.5 Å². The maximum absolute atomic E-state index is 15.5. The van der Waals surface area contributed by atoms with E-state index in [4.69, 9.17) is 18.4 Å². The number of nitrogens with zero attached hydrogens (tertiary/aromatic N) is 2. The lowest BCUT2D eigenvalue weighted by molar-refractivity contribution is -0.140. The van der Waals surface area contributed by atoms with Crippen LogP contribution in [0.4, 0.5) is 0 Å². The first kappa shape index (κ1) is 37.0. The number of aryl methyl sites for hydroxylation is 1. The van der Waals surface area contributed by atoms with Gasteiger partial charge in [-0.1, -0.05) is 57.2 Å². The average molecular weight is 719 g/mol. The van der Waals surface area contributed by atoms with E-state index in [0.29, 0.717) is 46.6 Å². The number of rotatable bonds is 10. The van der Waals surface area contributed by atoms with Gasteiger partial charge in [-0.05, 0) is 74.2 Å². The van der Waals surface area contributed by atoms with Gasteiger partial charge in [0, 0.05) is 34.1 Å². The summed E-state index contributed by atoms with van der Waals surface area (Å²) in [5.74, 6) is -2.35. The second-order valence-corrected chi connectivity index (χ2v) is 20.6. The van der Waals surface area contributed by atoms with Crippen LogP contribution >= 0.6 is 0 Å². The fraction of sp³-hybridized carbons (Fsp3) is 0.513. The molecule has 3 aliphatic carbocycles. The van der Waals surface area contributed by atoms with Crippen molar-refractivity contribution < 1.29 is 43.3 Å². The summed E-state index contributed by atoms with van der Waals surface area (Å²) in [6.45, 7) is 11.6. The van der Waals surface area contributed by atoms with Crippen molar-refractivity contribution in [1.82, 2.24) is 10.1 Å². The number of ether oxygens (including phenoxy) is 2. The van der Waals surface area contributed by atoms with Crippen LogP contribution < -0.4 is 9.47 Å². The van der Waals surface area contributed by atoms with Gasteiger partial charge in [-0.15, -0.1) is 0 Å². The number of fused-ring (bicyclic) bond motifs is 4. The Hall–Kier alpha value is -3.81. The van der Waals surface area contributed by atoms with Crippen LogP contribution in [0.5, 0.6) is 11.6 Å². The molecule has 1 saturated carbocycles. The topological polar surface area (TPSA) is 152 Å². The van der Waals surface area contributed by atoms with Crippen molar-refractivity contribution >= 4 is 25.6 Å². The van der Waals surface area contributed by atoms with Gasteiger partial charge < -0.3 is 33.7 Å². The Labute approximate surface area is 300 Å². The fourth-order valence-electron chi connectivity index (χ4n) is 8.06. The number of aromatic nitrogens is 1. The molecule has 3 N–H and O–H groups in total. The molecule has 2 aromatic carbocycles. The molecule has 12 heteroatoms. The van der Waals surface area contributed by atoms with E-state index in [9.17, 15) is 15.3 Å². The minimum Gasteiger partial charge on any atom is -0.507 e. The van der Waals surface area contributed by atoms with Gasteiger partial charge in [0.2, 0.25) is 11.6 Å². The first-order valence-corrected chi connectivity index (χ1v) is 20.4. The van der Waals surface area contributed by atoms with Gasteiger partial charge >= 0.3 is 0 Å². The summed E-state index contributed by atoms with van der Waals surface area (Å²) >= 11 is 0. The molecule has 0 saturated heterocycles. The lowest BCUT2D eigenvalue weighted by Crippen LogP contribution is -2.68. The SMILES string of the molecule is COc1c(C(CO)CO)cc(C)c2c1C[C@H]1C[C@H]3[C@H](N(C)C)c4onc(OCc5ccccc5)c4C(=O)[C@@]3(O[Si](C)(C)C(C)(C)C)C(=O)C1=C2O. The van der Waals surface area contributed by atoms with Crippen LogP contribution in [0.1, 0.15) is 83.1 Å². The molecule has 1 aromatic heterocycles. The van der Waals surface area contributed by atoms with Gasteiger partial charge in [0.05, 0.1) is 26.4 Å². The molecule has 3 aromatic rings. The number of methoxy groups -OCH3 is 1. The molecule has 1 fully saturated rings.